The summed E-state index contributed by atoms with van der Waals surface area (Å²) < 4.78 is 44.3. The fourth-order valence-corrected chi connectivity index (χ4v) is 2.62. The second-order valence-corrected chi connectivity index (χ2v) is 6.25. The van der Waals surface area contributed by atoms with E-state index in [0.29, 0.717) is 11.9 Å². The molecule has 2 heterocycles. The summed E-state index contributed by atoms with van der Waals surface area (Å²) in [6.07, 6.45) is -2.69. The zero-order valence-corrected chi connectivity index (χ0v) is 15.0. The van der Waals surface area contributed by atoms with Crippen LogP contribution >= 0.6 is 11.6 Å². The summed E-state index contributed by atoms with van der Waals surface area (Å²) in [6, 6.07) is 7.35. The third-order valence-corrected chi connectivity index (χ3v) is 3.95. The van der Waals surface area contributed by atoms with Gasteiger partial charge in [-0.05, 0) is 49.2 Å². The maximum atomic E-state index is 12.6. The standard InChI is InChI=1S/C18H13ClF3N3O2/c1-10-5-11(2)7-13(6-10)27-14-9-24-25(17(26)16(14)19)15-4-3-12(8-23-15)18(20,21)22/h3-9H,1-2H3. The zero-order valence-electron chi connectivity index (χ0n) is 14.2. The lowest BCUT2D eigenvalue weighted by atomic mass is 10.1. The van der Waals surface area contributed by atoms with Crippen LogP contribution in [-0.2, 0) is 6.18 Å². The first-order valence-corrected chi connectivity index (χ1v) is 8.10. The Labute approximate surface area is 157 Å². The van der Waals surface area contributed by atoms with Crippen molar-refractivity contribution in [2.45, 2.75) is 20.0 Å². The van der Waals surface area contributed by atoms with Crippen LogP contribution in [0.25, 0.3) is 5.82 Å². The molecule has 0 aliphatic carbocycles. The summed E-state index contributed by atoms with van der Waals surface area (Å²) in [5.41, 5.74) is 0.249. The minimum atomic E-state index is -4.52. The highest BCUT2D eigenvalue weighted by Crippen LogP contribution is 2.29. The average Bonchev–Trinajstić information content (AvgIpc) is 2.58. The van der Waals surface area contributed by atoms with Crippen molar-refractivity contribution in [1.82, 2.24) is 14.8 Å². The van der Waals surface area contributed by atoms with Crippen LogP contribution in [0.1, 0.15) is 16.7 Å². The van der Waals surface area contributed by atoms with E-state index in [9.17, 15) is 18.0 Å². The molecule has 5 nitrogen and oxygen atoms in total. The molecule has 140 valence electrons. The molecule has 0 saturated carbocycles. The largest absolute Gasteiger partial charge is 0.454 e. The van der Waals surface area contributed by atoms with Crippen LogP contribution in [0.5, 0.6) is 11.5 Å². The SMILES string of the molecule is Cc1cc(C)cc(Oc2cnn(-c3ccc(C(F)(F)F)cn3)c(=O)c2Cl)c1. The Bertz CT molecular complexity index is 1030. The van der Waals surface area contributed by atoms with Gasteiger partial charge >= 0.3 is 6.18 Å². The van der Waals surface area contributed by atoms with Crippen LogP contribution in [0, 0.1) is 13.8 Å². The Hall–Kier alpha value is -2.87. The van der Waals surface area contributed by atoms with E-state index in [4.69, 9.17) is 16.3 Å². The third kappa shape index (κ3) is 4.11. The first kappa shape index (κ1) is 18.9. The number of hydrogen-bond acceptors (Lipinski definition) is 4. The van der Waals surface area contributed by atoms with Gasteiger partial charge in [0, 0.05) is 6.20 Å². The van der Waals surface area contributed by atoms with E-state index >= 15 is 0 Å². The Morgan fingerprint density at radius 1 is 1.07 bits per heavy atom. The lowest BCUT2D eigenvalue weighted by Crippen LogP contribution is -2.23. The molecule has 0 unspecified atom stereocenters. The van der Waals surface area contributed by atoms with Gasteiger partial charge in [0.25, 0.3) is 5.56 Å². The number of aromatic nitrogens is 3. The monoisotopic (exact) mass is 395 g/mol. The molecule has 3 rings (SSSR count). The number of nitrogens with zero attached hydrogens (tertiary/aromatic N) is 3. The number of ether oxygens (including phenoxy) is 1. The number of benzene rings is 1. The highest BCUT2D eigenvalue weighted by molar-refractivity contribution is 6.31. The molecule has 3 aromatic rings. The lowest BCUT2D eigenvalue weighted by Gasteiger charge is -2.11. The molecule has 0 radical (unpaired) electrons. The number of aryl methyl sites for hydroxylation is 2. The van der Waals surface area contributed by atoms with Gasteiger partial charge in [-0.1, -0.05) is 17.7 Å². The summed E-state index contributed by atoms with van der Waals surface area (Å²) >= 11 is 6.08. The van der Waals surface area contributed by atoms with Gasteiger partial charge in [0.15, 0.2) is 16.6 Å². The molecule has 0 bridgehead atoms. The van der Waals surface area contributed by atoms with Crippen LogP contribution in [0.3, 0.4) is 0 Å². The van der Waals surface area contributed by atoms with Crippen molar-refractivity contribution in [3.63, 3.8) is 0 Å². The lowest BCUT2D eigenvalue weighted by molar-refractivity contribution is -0.137. The molecule has 0 N–H and O–H groups in total. The van der Waals surface area contributed by atoms with Crippen LogP contribution in [0.15, 0.2) is 47.5 Å². The van der Waals surface area contributed by atoms with E-state index in [2.05, 4.69) is 10.1 Å². The fraction of sp³-hybridized carbons (Fsp3) is 0.167. The predicted octanol–water partition coefficient (Wildman–Crippen LogP) is 4.71. The van der Waals surface area contributed by atoms with Crippen LogP contribution in [-0.4, -0.2) is 14.8 Å². The molecule has 1 aromatic carbocycles. The zero-order chi connectivity index (χ0) is 19.8. The van der Waals surface area contributed by atoms with E-state index in [1.807, 2.05) is 19.9 Å². The topological polar surface area (TPSA) is 57.0 Å². The first-order chi connectivity index (χ1) is 12.6. The van der Waals surface area contributed by atoms with E-state index in [1.165, 1.54) is 6.20 Å². The van der Waals surface area contributed by atoms with Crippen molar-refractivity contribution in [3.8, 4) is 17.3 Å². The summed E-state index contributed by atoms with van der Waals surface area (Å²) in [5.74, 6) is 0.434. The van der Waals surface area contributed by atoms with E-state index in [1.54, 1.807) is 12.1 Å². The number of hydrogen-bond donors (Lipinski definition) is 0. The smallest absolute Gasteiger partial charge is 0.417 e. The van der Waals surface area contributed by atoms with E-state index < -0.39 is 17.3 Å². The maximum Gasteiger partial charge on any atom is 0.417 e. The van der Waals surface area contributed by atoms with Gasteiger partial charge in [-0.3, -0.25) is 4.79 Å². The molecule has 0 aliphatic heterocycles. The van der Waals surface area contributed by atoms with Crippen molar-refractivity contribution >= 4 is 11.6 Å². The fourth-order valence-electron chi connectivity index (χ4n) is 2.45. The third-order valence-electron chi connectivity index (χ3n) is 3.60. The van der Waals surface area contributed by atoms with Crippen molar-refractivity contribution in [3.05, 3.63) is 74.8 Å². The maximum absolute atomic E-state index is 12.6. The second kappa shape index (κ2) is 7.03. The van der Waals surface area contributed by atoms with Crippen molar-refractivity contribution < 1.29 is 17.9 Å². The molecule has 0 atom stereocenters. The van der Waals surface area contributed by atoms with Crippen molar-refractivity contribution in [2.24, 2.45) is 0 Å². The minimum absolute atomic E-state index is 0.0369. The molecule has 0 spiro atoms. The molecule has 0 amide bonds. The van der Waals surface area contributed by atoms with Crippen LogP contribution in [0.2, 0.25) is 5.02 Å². The molecule has 9 heteroatoms. The normalized spacial score (nSPS) is 11.5. The number of pyridine rings is 1. The van der Waals surface area contributed by atoms with Gasteiger partial charge in [-0.15, -0.1) is 0 Å². The Morgan fingerprint density at radius 3 is 2.30 bits per heavy atom. The van der Waals surface area contributed by atoms with Gasteiger partial charge in [0.2, 0.25) is 0 Å². The highest BCUT2D eigenvalue weighted by Gasteiger charge is 2.30. The van der Waals surface area contributed by atoms with Crippen LogP contribution in [0.4, 0.5) is 13.2 Å². The molecule has 27 heavy (non-hydrogen) atoms. The summed E-state index contributed by atoms with van der Waals surface area (Å²) in [5, 5.41) is 3.63. The van der Waals surface area contributed by atoms with Gasteiger partial charge in [0.1, 0.15) is 5.75 Å². The first-order valence-electron chi connectivity index (χ1n) is 7.73. The Balaban J connectivity index is 1.94. The summed E-state index contributed by atoms with van der Waals surface area (Å²) in [4.78, 5) is 16.1. The average molecular weight is 396 g/mol. The molecule has 0 fully saturated rings. The Morgan fingerprint density at radius 2 is 1.74 bits per heavy atom. The second-order valence-electron chi connectivity index (χ2n) is 5.87. The molecule has 2 aromatic heterocycles. The highest BCUT2D eigenvalue weighted by atomic mass is 35.5. The van der Waals surface area contributed by atoms with Gasteiger partial charge in [-0.2, -0.15) is 23.0 Å². The van der Waals surface area contributed by atoms with Crippen molar-refractivity contribution in [2.75, 3.05) is 0 Å². The molecular weight excluding hydrogens is 383 g/mol. The quantitative estimate of drug-likeness (QED) is 0.644. The number of halogens is 4. The molecule has 0 aliphatic rings. The number of rotatable bonds is 3. The van der Waals surface area contributed by atoms with Crippen molar-refractivity contribution in [1.29, 1.82) is 0 Å². The predicted molar refractivity (Wildman–Crippen MR) is 93.6 cm³/mol. The Kier molecular flexibility index (Phi) is 4.93. The van der Waals surface area contributed by atoms with Gasteiger partial charge < -0.3 is 4.74 Å². The summed E-state index contributed by atoms with van der Waals surface area (Å²) in [6.45, 7) is 3.79. The van der Waals surface area contributed by atoms with E-state index in [-0.39, 0.29) is 16.6 Å². The van der Waals surface area contributed by atoms with Crippen LogP contribution < -0.4 is 10.3 Å². The molecular formula is C18H13ClF3N3O2. The summed E-state index contributed by atoms with van der Waals surface area (Å²) in [7, 11) is 0. The van der Waals surface area contributed by atoms with Gasteiger partial charge in [-0.25, -0.2) is 4.98 Å². The van der Waals surface area contributed by atoms with E-state index in [0.717, 1.165) is 27.9 Å². The van der Waals surface area contributed by atoms with Gasteiger partial charge in [0.05, 0.1) is 11.8 Å². The molecule has 0 saturated heterocycles. The number of alkyl halides is 3. The minimum Gasteiger partial charge on any atom is -0.454 e.